The van der Waals surface area contributed by atoms with Gasteiger partial charge in [0.25, 0.3) is 0 Å². The van der Waals surface area contributed by atoms with Crippen LogP contribution in [0.3, 0.4) is 0 Å². The molecule has 2 atom stereocenters. The molecule has 1 fully saturated rings. The minimum Gasteiger partial charge on any atom is -0.488 e. The molecule has 1 unspecified atom stereocenters. The average molecular weight is 249 g/mol. The van der Waals surface area contributed by atoms with Gasteiger partial charge in [0, 0.05) is 13.3 Å². The SMILES string of the molecule is CC(=O)N1CC(Oc2ccccc2)C[C@H]1C(=O)O. The first-order valence-electron chi connectivity index (χ1n) is 5.79. The van der Waals surface area contributed by atoms with Crippen molar-refractivity contribution in [3.05, 3.63) is 30.3 Å². The van der Waals surface area contributed by atoms with E-state index in [1.807, 2.05) is 30.3 Å². The van der Waals surface area contributed by atoms with Crippen molar-refractivity contribution in [2.45, 2.75) is 25.5 Å². The van der Waals surface area contributed by atoms with E-state index < -0.39 is 12.0 Å². The number of benzene rings is 1. The Balaban J connectivity index is 2.05. The fourth-order valence-electron chi connectivity index (χ4n) is 2.16. The number of para-hydroxylation sites is 1. The van der Waals surface area contributed by atoms with Crippen LogP contribution in [0.2, 0.25) is 0 Å². The number of carbonyl (C=O) groups is 2. The van der Waals surface area contributed by atoms with E-state index in [2.05, 4.69) is 0 Å². The Morgan fingerprint density at radius 2 is 2.00 bits per heavy atom. The number of carboxylic acids is 1. The van der Waals surface area contributed by atoms with Crippen molar-refractivity contribution in [3.8, 4) is 5.75 Å². The number of nitrogens with zero attached hydrogens (tertiary/aromatic N) is 1. The molecule has 0 saturated carbocycles. The van der Waals surface area contributed by atoms with Crippen molar-refractivity contribution in [1.82, 2.24) is 4.90 Å². The highest BCUT2D eigenvalue weighted by Gasteiger charge is 2.39. The predicted molar refractivity (Wildman–Crippen MR) is 64.3 cm³/mol. The molecule has 1 aliphatic rings. The lowest BCUT2D eigenvalue weighted by Gasteiger charge is -2.18. The molecule has 1 heterocycles. The highest BCUT2D eigenvalue weighted by molar-refractivity contribution is 5.83. The van der Waals surface area contributed by atoms with Crippen LogP contribution in [-0.4, -0.2) is 40.6 Å². The van der Waals surface area contributed by atoms with Gasteiger partial charge in [-0.05, 0) is 12.1 Å². The zero-order valence-corrected chi connectivity index (χ0v) is 10.1. The van der Waals surface area contributed by atoms with Gasteiger partial charge in [0.2, 0.25) is 5.91 Å². The summed E-state index contributed by atoms with van der Waals surface area (Å²) in [5, 5.41) is 9.07. The number of rotatable bonds is 3. The van der Waals surface area contributed by atoms with Crippen LogP contribution in [0.5, 0.6) is 5.75 Å². The van der Waals surface area contributed by atoms with E-state index in [-0.39, 0.29) is 12.0 Å². The summed E-state index contributed by atoms with van der Waals surface area (Å²) in [7, 11) is 0. The first-order chi connectivity index (χ1) is 8.58. The number of ether oxygens (including phenoxy) is 1. The van der Waals surface area contributed by atoms with Crippen molar-refractivity contribution < 1.29 is 19.4 Å². The molecule has 0 radical (unpaired) electrons. The Morgan fingerprint density at radius 1 is 1.33 bits per heavy atom. The minimum atomic E-state index is -0.982. The van der Waals surface area contributed by atoms with E-state index in [9.17, 15) is 9.59 Å². The molecule has 0 spiro atoms. The molecular weight excluding hydrogens is 234 g/mol. The maximum atomic E-state index is 11.4. The Kier molecular flexibility index (Phi) is 3.50. The van der Waals surface area contributed by atoms with Gasteiger partial charge in [-0.3, -0.25) is 4.79 Å². The number of amides is 1. The Bertz CT molecular complexity index is 424. The van der Waals surface area contributed by atoms with Gasteiger partial charge < -0.3 is 14.7 Å². The summed E-state index contributed by atoms with van der Waals surface area (Å²) in [4.78, 5) is 23.8. The third-order valence-electron chi connectivity index (χ3n) is 3.00. The summed E-state index contributed by atoms with van der Waals surface area (Å²) in [6.45, 7) is 1.70. The topological polar surface area (TPSA) is 66.8 Å². The molecular formula is C13H15NO4. The smallest absolute Gasteiger partial charge is 0.326 e. The highest BCUT2D eigenvalue weighted by atomic mass is 16.5. The summed E-state index contributed by atoms with van der Waals surface area (Å²) in [6.07, 6.45) is 0.0569. The molecule has 2 rings (SSSR count). The Hall–Kier alpha value is -2.04. The summed E-state index contributed by atoms with van der Waals surface area (Å²) in [5.41, 5.74) is 0. The molecule has 1 saturated heterocycles. The third kappa shape index (κ3) is 2.61. The van der Waals surface area contributed by atoms with Crippen molar-refractivity contribution in [3.63, 3.8) is 0 Å². The van der Waals surface area contributed by atoms with Crippen LogP contribution in [0.25, 0.3) is 0 Å². The van der Waals surface area contributed by atoms with Crippen LogP contribution in [0.4, 0.5) is 0 Å². The summed E-state index contributed by atoms with van der Waals surface area (Å²) in [5.74, 6) is -0.525. The van der Waals surface area contributed by atoms with Gasteiger partial charge in [0.05, 0.1) is 6.54 Å². The second-order valence-electron chi connectivity index (χ2n) is 4.31. The molecule has 1 amide bonds. The molecule has 5 heteroatoms. The number of carboxylic acid groups (broad SMARTS) is 1. The van der Waals surface area contributed by atoms with Crippen LogP contribution in [0.15, 0.2) is 30.3 Å². The van der Waals surface area contributed by atoms with Gasteiger partial charge in [-0.25, -0.2) is 4.79 Å². The first-order valence-corrected chi connectivity index (χ1v) is 5.79. The lowest BCUT2D eigenvalue weighted by Crippen LogP contribution is -2.39. The van der Waals surface area contributed by atoms with Crippen LogP contribution in [0.1, 0.15) is 13.3 Å². The first kappa shape index (κ1) is 12.4. The molecule has 1 N–H and O–H groups in total. The fourth-order valence-corrected chi connectivity index (χ4v) is 2.16. The molecule has 1 aromatic rings. The maximum Gasteiger partial charge on any atom is 0.326 e. The fraction of sp³-hybridized carbons (Fsp3) is 0.385. The minimum absolute atomic E-state index is 0.235. The molecule has 18 heavy (non-hydrogen) atoms. The summed E-state index contributed by atoms with van der Waals surface area (Å²) >= 11 is 0. The van der Waals surface area contributed by atoms with Gasteiger partial charge in [-0.1, -0.05) is 18.2 Å². The van der Waals surface area contributed by atoms with E-state index >= 15 is 0 Å². The van der Waals surface area contributed by atoms with E-state index in [1.165, 1.54) is 11.8 Å². The van der Waals surface area contributed by atoms with Gasteiger partial charge >= 0.3 is 5.97 Å². The van der Waals surface area contributed by atoms with Crippen LogP contribution in [0, 0.1) is 0 Å². The largest absolute Gasteiger partial charge is 0.488 e. The van der Waals surface area contributed by atoms with Crippen molar-refractivity contribution >= 4 is 11.9 Å². The molecule has 1 aromatic carbocycles. The maximum absolute atomic E-state index is 11.4. The second-order valence-corrected chi connectivity index (χ2v) is 4.31. The van der Waals surface area contributed by atoms with Crippen molar-refractivity contribution in [2.24, 2.45) is 0 Å². The average Bonchev–Trinajstić information content (AvgIpc) is 2.74. The molecule has 0 aliphatic carbocycles. The van der Waals surface area contributed by atoms with E-state index in [4.69, 9.17) is 9.84 Å². The van der Waals surface area contributed by atoms with Crippen molar-refractivity contribution in [2.75, 3.05) is 6.54 Å². The van der Waals surface area contributed by atoms with E-state index in [0.717, 1.165) is 0 Å². The van der Waals surface area contributed by atoms with Gasteiger partial charge in [0.15, 0.2) is 0 Å². The normalized spacial score (nSPS) is 22.8. The summed E-state index contributed by atoms with van der Waals surface area (Å²) in [6, 6.07) is 8.42. The number of hydrogen-bond donors (Lipinski definition) is 1. The molecule has 5 nitrogen and oxygen atoms in total. The van der Waals surface area contributed by atoms with Crippen LogP contribution >= 0.6 is 0 Å². The second kappa shape index (κ2) is 5.08. The number of aliphatic carboxylic acids is 1. The Labute approximate surface area is 105 Å². The lowest BCUT2D eigenvalue weighted by molar-refractivity contribution is -0.147. The van der Waals surface area contributed by atoms with Crippen LogP contribution < -0.4 is 4.74 Å². The predicted octanol–water partition coefficient (Wildman–Crippen LogP) is 1.14. The lowest BCUT2D eigenvalue weighted by atomic mass is 10.2. The third-order valence-corrected chi connectivity index (χ3v) is 3.00. The van der Waals surface area contributed by atoms with E-state index in [1.54, 1.807) is 0 Å². The summed E-state index contributed by atoms with van der Waals surface area (Å²) < 4.78 is 5.68. The van der Waals surface area contributed by atoms with Crippen molar-refractivity contribution in [1.29, 1.82) is 0 Å². The number of likely N-dealkylation sites (tertiary alicyclic amines) is 1. The van der Waals surface area contributed by atoms with E-state index in [0.29, 0.717) is 18.7 Å². The van der Waals surface area contributed by atoms with Gasteiger partial charge in [-0.2, -0.15) is 0 Å². The van der Waals surface area contributed by atoms with Gasteiger partial charge in [-0.15, -0.1) is 0 Å². The monoisotopic (exact) mass is 249 g/mol. The number of hydrogen-bond acceptors (Lipinski definition) is 3. The molecule has 1 aliphatic heterocycles. The molecule has 96 valence electrons. The quantitative estimate of drug-likeness (QED) is 0.872. The highest BCUT2D eigenvalue weighted by Crippen LogP contribution is 2.23. The molecule has 0 bridgehead atoms. The molecule has 0 aromatic heterocycles. The van der Waals surface area contributed by atoms with Gasteiger partial charge in [0.1, 0.15) is 17.9 Å². The standard InChI is InChI=1S/C13H15NO4/c1-9(15)14-8-11(7-12(14)13(16)17)18-10-5-3-2-4-6-10/h2-6,11-12H,7-8H2,1H3,(H,16,17)/t11?,12-/m0/s1. The zero-order valence-electron chi connectivity index (χ0n) is 10.1. The Morgan fingerprint density at radius 3 is 2.50 bits per heavy atom. The number of carbonyl (C=O) groups excluding carboxylic acids is 1. The van der Waals surface area contributed by atoms with Crippen LogP contribution in [-0.2, 0) is 9.59 Å². The zero-order chi connectivity index (χ0) is 13.1.